The van der Waals surface area contributed by atoms with Crippen molar-refractivity contribution in [2.75, 3.05) is 18.4 Å². The summed E-state index contributed by atoms with van der Waals surface area (Å²) in [6, 6.07) is 6.03. The van der Waals surface area contributed by atoms with Crippen LogP contribution in [0.1, 0.15) is 33.1 Å². The van der Waals surface area contributed by atoms with Gasteiger partial charge >= 0.3 is 0 Å². The molecule has 1 N–H and O–H groups in total. The number of nitrogens with zero attached hydrogens (tertiary/aromatic N) is 1. The molecule has 0 spiro atoms. The second kappa shape index (κ2) is 6.58. The van der Waals surface area contributed by atoms with Crippen molar-refractivity contribution in [1.29, 1.82) is 0 Å². The maximum atomic E-state index is 13.9. The lowest BCUT2D eigenvalue weighted by atomic mass is 10.1. The first kappa shape index (κ1) is 14.6. The van der Waals surface area contributed by atoms with Gasteiger partial charge in [0.2, 0.25) is 0 Å². The van der Waals surface area contributed by atoms with Gasteiger partial charge < -0.3 is 10.2 Å². The number of rotatable bonds is 3. The highest BCUT2D eigenvalue weighted by Crippen LogP contribution is 2.24. The van der Waals surface area contributed by atoms with Gasteiger partial charge in [-0.3, -0.25) is 0 Å². The third kappa shape index (κ3) is 3.83. The smallest absolute Gasteiger partial charge is 0.164 e. The van der Waals surface area contributed by atoms with E-state index in [-0.39, 0.29) is 10.8 Å². The molecular weight excluding hydrogens is 263 g/mol. The van der Waals surface area contributed by atoms with Gasteiger partial charge in [-0.15, -0.1) is 0 Å². The normalized spacial score (nSPS) is 21.4. The highest BCUT2D eigenvalue weighted by molar-refractivity contribution is 6.31. The van der Waals surface area contributed by atoms with E-state index in [2.05, 4.69) is 24.1 Å². The van der Waals surface area contributed by atoms with Crippen molar-refractivity contribution in [3.8, 4) is 0 Å². The van der Waals surface area contributed by atoms with Crippen molar-refractivity contribution in [3.05, 3.63) is 29.0 Å². The molecule has 1 saturated heterocycles. The minimum Gasteiger partial charge on any atom is -0.380 e. The molecule has 0 amide bonds. The molecule has 1 unspecified atom stereocenters. The van der Waals surface area contributed by atoms with E-state index in [0.717, 1.165) is 32.4 Å². The van der Waals surface area contributed by atoms with Crippen LogP contribution in [0.15, 0.2) is 18.2 Å². The average Bonchev–Trinajstić information content (AvgIpc) is 2.60. The Kier molecular flexibility index (Phi) is 5.06. The Morgan fingerprint density at radius 2 is 2.11 bits per heavy atom. The molecule has 4 heteroatoms. The number of likely N-dealkylation sites (tertiary alicyclic amines) is 1. The first-order chi connectivity index (χ1) is 9.08. The Morgan fingerprint density at radius 1 is 1.32 bits per heavy atom. The number of halogens is 2. The summed E-state index contributed by atoms with van der Waals surface area (Å²) < 4.78 is 13.9. The zero-order chi connectivity index (χ0) is 13.8. The summed E-state index contributed by atoms with van der Waals surface area (Å²) in [7, 11) is 0. The van der Waals surface area contributed by atoms with Gasteiger partial charge in [0.1, 0.15) is 0 Å². The zero-order valence-corrected chi connectivity index (χ0v) is 12.4. The Bertz CT molecular complexity index is 423. The first-order valence-corrected chi connectivity index (χ1v) is 7.40. The SMILES string of the molecule is CC(C)N1CCCC(Nc2cccc(Cl)c2F)CC1. The average molecular weight is 285 g/mol. The van der Waals surface area contributed by atoms with E-state index in [0.29, 0.717) is 17.8 Å². The van der Waals surface area contributed by atoms with Crippen LogP contribution in [0.3, 0.4) is 0 Å². The van der Waals surface area contributed by atoms with Gasteiger partial charge in [0, 0.05) is 18.6 Å². The van der Waals surface area contributed by atoms with Crippen LogP contribution >= 0.6 is 11.6 Å². The molecule has 106 valence electrons. The maximum absolute atomic E-state index is 13.9. The Hall–Kier alpha value is -0.800. The minimum absolute atomic E-state index is 0.183. The van der Waals surface area contributed by atoms with Crippen LogP contribution in [-0.2, 0) is 0 Å². The topological polar surface area (TPSA) is 15.3 Å². The summed E-state index contributed by atoms with van der Waals surface area (Å²) >= 11 is 5.81. The molecule has 0 aromatic heterocycles. The van der Waals surface area contributed by atoms with Gasteiger partial charge in [0.15, 0.2) is 5.82 Å². The second-order valence-electron chi connectivity index (χ2n) is 5.50. The van der Waals surface area contributed by atoms with Gasteiger partial charge in [-0.2, -0.15) is 0 Å². The van der Waals surface area contributed by atoms with Crippen molar-refractivity contribution < 1.29 is 4.39 Å². The van der Waals surface area contributed by atoms with Crippen LogP contribution in [0.25, 0.3) is 0 Å². The van der Waals surface area contributed by atoms with Gasteiger partial charge in [-0.25, -0.2) is 4.39 Å². The van der Waals surface area contributed by atoms with Gasteiger partial charge in [-0.1, -0.05) is 17.7 Å². The molecule has 1 aromatic carbocycles. The van der Waals surface area contributed by atoms with E-state index in [9.17, 15) is 4.39 Å². The highest BCUT2D eigenvalue weighted by Gasteiger charge is 2.19. The number of nitrogens with one attached hydrogen (secondary N) is 1. The fourth-order valence-corrected chi connectivity index (χ4v) is 2.79. The summed E-state index contributed by atoms with van der Waals surface area (Å²) in [4.78, 5) is 2.48. The predicted octanol–water partition coefficient (Wildman–Crippen LogP) is 4.15. The Morgan fingerprint density at radius 3 is 2.84 bits per heavy atom. The summed E-state index contributed by atoms with van der Waals surface area (Å²) in [5.41, 5.74) is 0.524. The van der Waals surface area contributed by atoms with Gasteiger partial charge in [0.25, 0.3) is 0 Å². The molecule has 0 saturated carbocycles. The number of hydrogen-bond acceptors (Lipinski definition) is 2. The number of benzene rings is 1. The largest absolute Gasteiger partial charge is 0.380 e. The molecule has 1 aliphatic heterocycles. The van der Waals surface area contributed by atoms with E-state index in [1.165, 1.54) is 0 Å². The van der Waals surface area contributed by atoms with Crippen LogP contribution < -0.4 is 5.32 Å². The molecule has 1 atom stereocenters. The lowest BCUT2D eigenvalue weighted by Crippen LogP contribution is -2.32. The van der Waals surface area contributed by atoms with Gasteiger partial charge in [0.05, 0.1) is 10.7 Å². The summed E-state index contributed by atoms with van der Waals surface area (Å²) in [5, 5.41) is 3.49. The van der Waals surface area contributed by atoms with Crippen molar-refractivity contribution in [3.63, 3.8) is 0 Å². The van der Waals surface area contributed by atoms with Crippen LogP contribution in [-0.4, -0.2) is 30.1 Å². The molecule has 2 rings (SSSR count). The van der Waals surface area contributed by atoms with Gasteiger partial charge in [-0.05, 0) is 51.8 Å². The summed E-state index contributed by atoms with van der Waals surface area (Å²) in [5.74, 6) is -0.339. The molecule has 1 aliphatic rings. The molecule has 2 nitrogen and oxygen atoms in total. The third-order valence-electron chi connectivity index (χ3n) is 3.80. The number of hydrogen-bond donors (Lipinski definition) is 1. The van der Waals surface area contributed by atoms with Crippen molar-refractivity contribution in [2.45, 2.75) is 45.2 Å². The van der Waals surface area contributed by atoms with Crippen LogP contribution in [0.5, 0.6) is 0 Å². The summed E-state index contributed by atoms with van der Waals surface area (Å²) in [6.07, 6.45) is 3.28. The molecular formula is C15H22ClFN2. The first-order valence-electron chi connectivity index (χ1n) is 7.02. The summed E-state index contributed by atoms with van der Waals surface area (Å²) in [6.45, 7) is 6.65. The molecule has 1 fully saturated rings. The quantitative estimate of drug-likeness (QED) is 0.897. The van der Waals surface area contributed by atoms with Crippen molar-refractivity contribution in [1.82, 2.24) is 4.90 Å². The van der Waals surface area contributed by atoms with E-state index < -0.39 is 0 Å². The lowest BCUT2D eigenvalue weighted by Gasteiger charge is -2.24. The third-order valence-corrected chi connectivity index (χ3v) is 4.10. The fraction of sp³-hybridized carbons (Fsp3) is 0.600. The monoisotopic (exact) mass is 284 g/mol. The van der Waals surface area contributed by atoms with Crippen LogP contribution in [0.2, 0.25) is 5.02 Å². The molecule has 1 heterocycles. The van der Waals surface area contributed by atoms with Crippen molar-refractivity contribution in [2.24, 2.45) is 0 Å². The van der Waals surface area contributed by atoms with E-state index in [4.69, 9.17) is 11.6 Å². The Labute approximate surface area is 119 Å². The molecule has 0 aliphatic carbocycles. The maximum Gasteiger partial charge on any atom is 0.164 e. The minimum atomic E-state index is -0.339. The fourth-order valence-electron chi connectivity index (χ4n) is 2.61. The highest BCUT2D eigenvalue weighted by atomic mass is 35.5. The number of anilines is 1. The Balaban J connectivity index is 1.98. The molecule has 1 aromatic rings. The predicted molar refractivity (Wildman–Crippen MR) is 79.4 cm³/mol. The standard InChI is InChI=1S/C15H22ClFN2/c1-11(2)19-9-4-5-12(8-10-19)18-14-7-3-6-13(16)15(14)17/h3,6-7,11-12,18H,4-5,8-10H2,1-2H3. The van der Waals surface area contributed by atoms with E-state index in [1.807, 2.05) is 0 Å². The van der Waals surface area contributed by atoms with Crippen molar-refractivity contribution >= 4 is 17.3 Å². The van der Waals surface area contributed by atoms with E-state index in [1.54, 1.807) is 18.2 Å². The lowest BCUT2D eigenvalue weighted by molar-refractivity contribution is 0.230. The zero-order valence-electron chi connectivity index (χ0n) is 11.6. The van der Waals surface area contributed by atoms with E-state index >= 15 is 0 Å². The van der Waals surface area contributed by atoms with Crippen LogP contribution in [0.4, 0.5) is 10.1 Å². The molecule has 19 heavy (non-hydrogen) atoms. The molecule has 0 bridgehead atoms. The van der Waals surface area contributed by atoms with Crippen LogP contribution in [0, 0.1) is 5.82 Å². The molecule has 0 radical (unpaired) electrons. The second-order valence-corrected chi connectivity index (χ2v) is 5.91.